The van der Waals surface area contributed by atoms with Crippen molar-refractivity contribution in [1.29, 1.82) is 0 Å². The molecular weight excluding hydrogens is 286 g/mol. The zero-order valence-corrected chi connectivity index (χ0v) is 12.8. The molecule has 2 atom stereocenters. The van der Waals surface area contributed by atoms with Crippen LogP contribution in [0.4, 0.5) is 0 Å². The second-order valence-corrected chi connectivity index (χ2v) is 7.44. The van der Waals surface area contributed by atoms with E-state index in [1.165, 1.54) is 11.2 Å². The largest absolute Gasteiger partial charge is 0.480 e. The van der Waals surface area contributed by atoms with Crippen LogP contribution in [0.2, 0.25) is 0 Å². The highest BCUT2D eigenvalue weighted by molar-refractivity contribution is 7.88. The summed E-state index contributed by atoms with van der Waals surface area (Å²) in [7, 11) is -2.14. The van der Waals surface area contributed by atoms with E-state index in [0.717, 1.165) is 13.4 Å². The van der Waals surface area contributed by atoms with Crippen LogP contribution in [-0.2, 0) is 24.3 Å². The number of esters is 1. The van der Waals surface area contributed by atoms with Crippen molar-refractivity contribution in [1.82, 2.24) is 4.31 Å². The molecule has 0 bridgehead atoms. The molecule has 0 radical (unpaired) electrons. The molecule has 0 amide bonds. The number of carbonyl (C=O) groups excluding carboxylic acids is 1. The van der Waals surface area contributed by atoms with Crippen molar-refractivity contribution in [2.45, 2.75) is 26.2 Å². The lowest BCUT2D eigenvalue weighted by Gasteiger charge is -2.34. The molecule has 0 aliphatic carbocycles. The zero-order chi connectivity index (χ0) is 15.6. The lowest BCUT2D eigenvalue weighted by molar-refractivity contribution is -0.167. The summed E-state index contributed by atoms with van der Waals surface area (Å²) >= 11 is 0. The van der Waals surface area contributed by atoms with Crippen LogP contribution in [0.1, 0.15) is 26.2 Å². The van der Waals surface area contributed by atoms with Gasteiger partial charge in [0.2, 0.25) is 10.0 Å². The molecule has 0 aromatic rings. The summed E-state index contributed by atoms with van der Waals surface area (Å²) in [5, 5.41) is 9.26. The molecule has 8 heteroatoms. The van der Waals surface area contributed by atoms with Crippen LogP contribution >= 0.6 is 0 Å². The van der Waals surface area contributed by atoms with Gasteiger partial charge in [-0.3, -0.25) is 9.59 Å². The van der Waals surface area contributed by atoms with Crippen molar-refractivity contribution in [2.24, 2.45) is 11.3 Å². The standard InChI is InChI=1S/C12H21NO6S/c1-12(10(14)15,11(16)19-2)7-9-5-4-6-13(8-9)20(3,17)18/h9H,4-8H2,1-3H3,(H,14,15). The second kappa shape index (κ2) is 6.09. The summed E-state index contributed by atoms with van der Waals surface area (Å²) in [5.74, 6) is -2.22. The van der Waals surface area contributed by atoms with Crippen molar-refractivity contribution in [3.8, 4) is 0 Å². The normalized spacial score (nSPS) is 23.9. The third kappa shape index (κ3) is 3.69. The first-order valence-electron chi connectivity index (χ1n) is 6.38. The SMILES string of the molecule is COC(=O)C(C)(CC1CCCN(S(C)(=O)=O)C1)C(=O)O. The van der Waals surface area contributed by atoms with Crippen LogP contribution in [-0.4, -0.2) is 56.2 Å². The topological polar surface area (TPSA) is 101 Å². The summed E-state index contributed by atoms with van der Waals surface area (Å²) in [6.45, 7) is 2.01. The Balaban J connectivity index is 2.85. The number of methoxy groups -OCH3 is 1. The van der Waals surface area contributed by atoms with Crippen LogP contribution in [0.5, 0.6) is 0 Å². The Hall–Kier alpha value is -1.15. The molecule has 1 fully saturated rings. The van der Waals surface area contributed by atoms with Crippen molar-refractivity contribution in [3.05, 3.63) is 0 Å². The maximum Gasteiger partial charge on any atom is 0.322 e. The van der Waals surface area contributed by atoms with Gasteiger partial charge < -0.3 is 9.84 Å². The molecule has 0 aromatic heterocycles. The summed E-state index contributed by atoms with van der Waals surface area (Å²) in [6.07, 6.45) is 2.56. The first-order chi connectivity index (χ1) is 9.11. The molecule has 0 aromatic carbocycles. The Bertz CT molecular complexity index is 488. The van der Waals surface area contributed by atoms with Crippen LogP contribution in [0.3, 0.4) is 0 Å². The van der Waals surface area contributed by atoms with E-state index < -0.39 is 27.4 Å². The number of aliphatic carboxylic acids is 1. The summed E-state index contributed by atoms with van der Waals surface area (Å²) in [4.78, 5) is 23.0. The average molecular weight is 307 g/mol. The van der Waals surface area contributed by atoms with Crippen molar-refractivity contribution < 1.29 is 27.9 Å². The van der Waals surface area contributed by atoms with Crippen LogP contribution in [0, 0.1) is 11.3 Å². The number of hydrogen-bond acceptors (Lipinski definition) is 5. The van der Waals surface area contributed by atoms with Gasteiger partial charge in [0.25, 0.3) is 0 Å². The molecule has 116 valence electrons. The van der Waals surface area contributed by atoms with E-state index in [0.29, 0.717) is 19.4 Å². The molecule has 1 aliphatic heterocycles. The third-order valence-corrected chi connectivity index (χ3v) is 5.03. The van der Waals surface area contributed by atoms with Crippen LogP contribution in [0.15, 0.2) is 0 Å². The number of rotatable bonds is 5. The number of hydrogen-bond donors (Lipinski definition) is 1. The van der Waals surface area contributed by atoms with Gasteiger partial charge in [0.15, 0.2) is 5.41 Å². The van der Waals surface area contributed by atoms with E-state index in [4.69, 9.17) is 0 Å². The molecule has 1 heterocycles. The van der Waals surface area contributed by atoms with Gasteiger partial charge >= 0.3 is 11.9 Å². The molecule has 1 aliphatic rings. The first-order valence-corrected chi connectivity index (χ1v) is 8.23. The molecule has 20 heavy (non-hydrogen) atoms. The lowest BCUT2D eigenvalue weighted by atomic mass is 9.78. The van der Waals surface area contributed by atoms with Gasteiger partial charge in [0.1, 0.15) is 0 Å². The predicted molar refractivity (Wildman–Crippen MR) is 71.5 cm³/mol. The fourth-order valence-corrected chi connectivity index (χ4v) is 3.50. The average Bonchev–Trinajstić information content (AvgIpc) is 2.36. The van der Waals surface area contributed by atoms with E-state index >= 15 is 0 Å². The monoisotopic (exact) mass is 307 g/mol. The van der Waals surface area contributed by atoms with Crippen LogP contribution in [0.25, 0.3) is 0 Å². The Kier molecular flexibility index (Phi) is 5.15. The van der Waals surface area contributed by atoms with E-state index in [-0.39, 0.29) is 18.9 Å². The number of sulfonamides is 1. The summed E-state index contributed by atoms with van der Waals surface area (Å²) < 4.78 is 29.0. The van der Waals surface area contributed by atoms with E-state index in [1.807, 2.05) is 0 Å². The Morgan fingerprint density at radius 3 is 2.50 bits per heavy atom. The smallest absolute Gasteiger partial charge is 0.322 e. The number of ether oxygens (including phenoxy) is 1. The van der Waals surface area contributed by atoms with Crippen molar-refractivity contribution in [2.75, 3.05) is 26.5 Å². The van der Waals surface area contributed by atoms with E-state index in [9.17, 15) is 23.1 Å². The van der Waals surface area contributed by atoms with Gasteiger partial charge in [0.05, 0.1) is 13.4 Å². The van der Waals surface area contributed by atoms with Gasteiger partial charge in [0, 0.05) is 13.1 Å². The number of piperidine rings is 1. The maximum absolute atomic E-state index is 11.7. The van der Waals surface area contributed by atoms with Gasteiger partial charge in [-0.05, 0) is 32.1 Å². The van der Waals surface area contributed by atoms with Crippen LogP contribution < -0.4 is 0 Å². The fourth-order valence-electron chi connectivity index (χ4n) is 2.56. The Labute approximate surface area is 118 Å². The minimum atomic E-state index is -3.29. The maximum atomic E-state index is 11.7. The van der Waals surface area contributed by atoms with Gasteiger partial charge in [-0.25, -0.2) is 12.7 Å². The Morgan fingerprint density at radius 1 is 1.45 bits per heavy atom. The molecular formula is C12H21NO6S. The number of carboxylic acid groups (broad SMARTS) is 1. The minimum Gasteiger partial charge on any atom is -0.480 e. The highest BCUT2D eigenvalue weighted by Crippen LogP contribution is 2.33. The Morgan fingerprint density at radius 2 is 2.05 bits per heavy atom. The van der Waals surface area contributed by atoms with Gasteiger partial charge in [-0.1, -0.05) is 0 Å². The molecule has 0 saturated carbocycles. The van der Waals surface area contributed by atoms with E-state index in [2.05, 4.69) is 4.74 Å². The van der Waals surface area contributed by atoms with Crippen molar-refractivity contribution >= 4 is 22.0 Å². The molecule has 7 nitrogen and oxygen atoms in total. The summed E-state index contributed by atoms with van der Waals surface area (Å²) in [5.41, 5.74) is -1.64. The highest BCUT2D eigenvalue weighted by Gasteiger charge is 2.45. The summed E-state index contributed by atoms with van der Waals surface area (Å²) in [6, 6.07) is 0. The first kappa shape index (κ1) is 16.9. The van der Waals surface area contributed by atoms with Crippen molar-refractivity contribution in [3.63, 3.8) is 0 Å². The fraction of sp³-hybridized carbons (Fsp3) is 0.833. The number of nitrogens with zero attached hydrogens (tertiary/aromatic N) is 1. The predicted octanol–water partition coefficient (Wildman–Crippen LogP) is 0.312. The highest BCUT2D eigenvalue weighted by atomic mass is 32.2. The quantitative estimate of drug-likeness (QED) is 0.579. The number of carboxylic acids is 1. The molecule has 0 spiro atoms. The number of carbonyl (C=O) groups is 2. The molecule has 1 N–H and O–H groups in total. The molecule has 1 saturated heterocycles. The lowest BCUT2D eigenvalue weighted by Crippen LogP contribution is -2.44. The van der Waals surface area contributed by atoms with Gasteiger partial charge in [-0.15, -0.1) is 0 Å². The third-order valence-electron chi connectivity index (χ3n) is 3.76. The molecule has 1 rings (SSSR count). The van der Waals surface area contributed by atoms with Gasteiger partial charge in [-0.2, -0.15) is 0 Å². The van der Waals surface area contributed by atoms with E-state index in [1.54, 1.807) is 0 Å². The zero-order valence-electron chi connectivity index (χ0n) is 12.0. The molecule has 2 unspecified atom stereocenters. The second-order valence-electron chi connectivity index (χ2n) is 5.46. The minimum absolute atomic E-state index is 0.0705.